The lowest BCUT2D eigenvalue weighted by Crippen LogP contribution is -2.52. The summed E-state index contributed by atoms with van der Waals surface area (Å²) in [4.78, 5) is 12.3. The smallest absolute Gasteiger partial charge is 0.312 e. The van der Waals surface area contributed by atoms with Crippen LogP contribution in [0.5, 0.6) is 0 Å². The second-order valence-corrected chi connectivity index (χ2v) is 8.22. The molecule has 1 saturated heterocycles. The molecule has 0 aromatic carbocycles. The van der Waals surface area contributed by atoms with Crippen LogP contribution in [-0.2, 0) is 9.53 Å². The highest BCUT2D eigenvalue weighted by molar-refractivity contribution is 5.79. The molecule has 0 amide bonds. The number of carbonyl (C=O) groups excluding carboxylic acids is 1. The molecule has 0 unspecified atom stereocenters. The Bertz CT molecular complexity index is 613. The standard InChI is InChI=1S/C20H26O2/c1-12-13(2)17-15(19(3)9-6-5-7-14(12)19)8-10-20(4)16(17)11-22-18(20)21/h7,15-17H,1-2,5-6,8-11H2,3-4H3/t15-,16+,17-,19+,20+/m1/s1. The van der Waals surface area contributed by atoms with E-state index in [0.29, 0.717) is 18.4 Å². The third kappa shape index (κ3) is 1.54. The molecule has 2 nitrogen and oxygen atoms in total. The number of esters is 1. The van der Waals surface area contributed by atoms with E-state index in [2.05, 4.69) is 33.1 Å². The minimum atomic E-state index is -0.309. The lowest BCUT2D eigenvalue weighted by Gasteiger charge is -2.57. The van der Waals surface area contributed by atoms with Crippen LogP contribution in [0, 0.1) is 28.6 Å². The predicted molar refractivity (Wildman–Crippen MR) is 87.1 cm³/mol. The minimum absolute atomic E-state index is 0.00417. The summed E-state index contributed by atoms with van der Waals surface area (Å²) >= 11 is 0. The Balaban J connectivity index is 1.82. The number of hydrogen-bond acceptors (Lipinski definition) is 2. The van der Waals surface area contributed by atoms with Gasteiger partial charge in [-0.3, -0.25) is 4.79 Å². The molecule has 4 aliphatic rings. The first-order valence-corrected chi connectivity index (χ1v) is 8.66. The molecule has 3 fully saturated rings. The summed E-state index contributed by atoms with van der Waals surface area (Å²) in [6.07, 6.45) is 8.13. The number of ether oxygens (including phenoxy) is 1. The van der Waals surface area contributed by atoms with Gasteiger partial charge in [-0.25, -0.2) is 0 Å². The van der Waals surface area contributed by atoms with Crippen LogP contribution in [0.25, 0.3) is 0 Å². The van der Waals surface area contributed by atoms with Gasteiger partial charge in [0.25, 0.3) is 0 Å². The van der Waals surface area contributed by atoms with Crippen molar-refractivity contribution < 1.29 is 9.53 Å². The third-order valence-electron chi connectivity index (χ3n) is 7.32. The van der Waals surface area contributed by atoms with Gasteiger partial charge in [0.05, 0.1) is 12.0 Å². The van der Waals surface area contributed by atoms with E-state index in [-0.39, 0.29) is 22.7 Å². The molecule has 1 heterocycles. The van der Waals surface area contributed by atoms with E-state index in [1.807, 2.05) is 0 Å². The van der Waals surface area contributed by atoms with Gasteiger partial charge in [0.1, 0.15) is 0 Å². The largest absolute Gasteiger partial charge is 0.465 e. The van der Waals surface area contributed by atoms with Gasteiger partial charge in [0.15, 0.2) is 0 Å². The zero-order valence-electron chi connectivity index (χ0n) is 13.8. The molecular formula is C20H26O2. The highest BCUT2D eigenvalue weighted by atomic mass is 16.5. The Morgan fingerprint density at radius 2 is 1.95 bits per heavy atom. The molecule has 2 heteroatoms. The van der Waals surface area contributed by atoms with Gasteiger partial charge in [0.2, 0.25) is 0 Å². The van der Waals surface area contributed by atoms with Crippen LogP contribution in [0.3, 0.4) is 0 Å². The average Bonchev–Trinajstić information content (AvgIpc) is 2.80. The van der Waals surface area contributed by atoms with Gasteiger partial charge in [-0.1, -0.05) is 26.2 Å². The predicted octanol–water partition coefficient (Wildman–Crippen LogP) is 4.43. The Morgan fingerprint density at radius 3 is 2.73 bits per heavy atom. The first-order valence-electron chi connectivity index (χ1n) is 8.66. The summed E-state index contributed by atoms with van der Waals surface area (Å²) in [6.45, 7) is 13.9. The van der Waals surface area contributed by atoms with Gasteiger partial charge in [-0.2, -0.15) is 0 Å². The van der Waals surface area contributed by atoms with E-state index < -0.39 is 0 Å². The van der Waals surface area contributed by atoms with Gasteiger partial charge < -0.3 is 4.74 Å². The van der Waals surface area contributed by atoms with Gasteiger partial charge in [0, 0.05) is 5.92 Å². The highest BCUT2D eigenvalue weighted by Crippen LogP contribution is 2.65. The highest BCUT2D eigenvalue weighted by Gasteiger charge is 2.61. The molecule has 0 aromatic rings. The van der Waals surface area contributed by atoms with Crippen LogP contribution in [0.2, 0.25) is 0 Å². The first-order chi connectivity index (χ1) is 10.4. The van der Waals surface area contributed by atoms with Crippen LogP contribution in [0.15, 0.2) is 36.0 Å². The van der Waals surface area contributed by atoms with E-state index in [1.54, 1.807) is 0 Å². The SMILES string of the molecule is C=C1C(=C)[C@@H]2[C@@H](CC[C@]3(C)C(=O)OC[C@@H]23)[C@@]2(C)CCCC=C12. The van der Waals surface area contributed by atoms with Crippen LogP contribution >= 0.6 is 0 Å². The lowest BCUT2D eigenvalue weighted by atomic mass is 9.46. The normalized spacial score (nSPS) is 47.3. The minimum Gasteiger partial charge on any atom is -0.465 e. The fourth-order valence-corrected chi connectivity index (χ4v) is 5.88. The molecule has 2 saturated carbocycles. The van der Waals surface area contributed by atoms with Crippen LogP contribution in [0.4, 0.5) is 0 Å². The van der Waals surface area contributed by atoms with Crippen LogP contribution < -0.4 is 0 Å². The molecule has 22 heavy (non-hydrogen) atoms. The second-order valence-electron chi connectivity index (χ2n) is 8.22. The van der Waals surface area contributed by atoms with Crippen molar-refractivity contribution in [1.29, 1.82) is 0 Å². The fourth-order valence-electron chi connectivity index (χ4n) is 5.88. The molecule has 0 bridgehead atoms. The summed E-state index contributed by atoms with van der Waals surface area (Å²) in [5.74, 6) is 1.23. The molecule has 4 rings (SSSR count). The van der Waals surface area contributed by atoms with Crippen LogP contribution in [0.1, 0.15) is 46.0 Å². The molecule has 0 aromatic heterocycles. The topological polar surface area (TPSA) is 26.3 Å². The maximum absolute atomic E-state index is 12.3. The molecule has 5 atom stereocenters. The fraction of sp³-hybridized carbons (Fsp3) is 0.650. The third-order valence-corrected chi connectivity index (χ3v) is 7.32. The van der Waals surface area contributed by atoms with Crippen molar-refractivity contribution in [2.24, 2.45) is 28.6 Å². The van der Waals surface area contributed by atoms with Gasteiger partial charge >= 0.3 is 5.97 Å². The van der Waals surface area contributed by atoms with Crippen molar-refractivity contribution in [3.8, 4) is 0 Å². The summed E-state index contributed by atoms with van der Waals surface area (Å²) in [7, 11) is 0. The lowest BCUT2D eigenvalue weighted by molar-refractivity contribution is -0.147. The maximum Gasteiger partial charge on any atom is 0.312 e. The molecule has 3 aliphatic carbocycles. The Hall–Kier alpha value is -1.31. The molecule has 0 N–H and O–H groups in total. The van der Waals surface area contributed by atoms with Crippen molar-refractivity contribution in [3.05, 3.63) is 36.0 Å². The second kappa shape index (κ2) is 4.37. The number of cyclic esters (lactones) is 1. The molecular weight excluding hydrogens is 272 g/mol. The summed E-state index contributed by atoms with van der Waals surface area (Å²) < 4.78 is 5.48. The molecule has 118 valence electrons. The van der Waals surface area contributed by atoms with Crippen molar-refractivity contribution in [1.82, 2.24) is 0 Å². The van der Waals surface area contributed by atoms with Gasteiger partial charge in [-0.05, 0) is 73.0 Å². The number of rotatable bonds is 0. The number of fused-ring (bicyclic) bond motifs is 5. The summed E-state index contributed by atoms with van der Waals surface area (Å²) in [5.41, 5.74) is 3.67. The van der Waals surface area contributed by atoms with E-state index in [1.165, 1.54) is 24.0 Å². The summed E-state index contributed by atoms with van der Waals surface area (Å²) in [5, 5.41) is 0. The Morgan fingerprint density at radius 1 is 1.18 bits per heavy atom. The van der Waals surface area contributed by atoms with Crippen molar-refractivity contribution in [2.45, 2.75) is 46.0 Å². The van der Waals surface area contributed by atoms with Gasteiger partial charge in [-0.15, -0.1) is 0 Å². The van der Waals surface area contributed by atoms with Crippen molar-refractivity contribution in [2.75, 3.05) is 6.61 Å². The summed E-state index contributed by atoms with van der Waals surface area (Å²) in [6, 6.07) is 0. The zero-order chi connectivity index (χ0) is 15.7. The molecule has 0 radical (unpaired) electrons. The zero-order valence-corrected chi connectivity index (χ0v) is 13.8. The van der Waals surface area contributed by atoms with E-state index >= 15 is 0 Å². The van der Waals surface area contributed by atoms with Crippen LogP contribution in [-0.4, -0.2) is 12.6 Å². The molecule has 0 spiro atoms. The van der Waals surface area contributed by atoms with E-state index in [0.717, 1.165) is 24.8 Å². The number of carbonyl (C=O) groups is 1. The van der Waals surface area contributed by atoms with Crippen molar-refractivity contribution in [3.63, 3.8) is 0 Å². The average molecular weight is 298 g/mol. The number of allylic oxidation sites excluding steroid dienone is 4. The van der Waals surface area contributed by atoms with Crippen molar-refractivity contribution >= 4 is 5.97 Å². The Labute approximate surface area is 133 Å². The Kier molecular flexibility index (Phi) is 2.84. The number of hydrogen-bond donors (Lipinski definition) is 0. The first kappa shape index (κ1) is 14.3. The quantitative estimate of drug-likeness (QED) is 0.618. The van der Waals surface area contributed by atoms with E-state index in [4.69, 9.17) is 4.74 Å². The molecule has 1 aliphatic heterocycles. The monoisotopic (exact) mass is 298 g/mol. The van der Waals surface area contributed by atoms with E-state index in [9.17, 15) is 4.79 Å². The maximum atomic E-state index is 12.3.